The number of nitriles is 1. The van der Waals surface area contributed by atoms with E-state index in [1.807, 2.05) is 30.3 Å². The van der Waals surface area contributed by atoms with Crippen LogP contribution in [0.4, 0.5) is 5.69 Å². The smallest absolute Gasteiger partial charge is 0.345 e. The van der Waals surface area contributed by atoms with E-state index in [0.717, 1.165) is 16.2 Å². The zero-order chi connectivity index (χ0) is 24.4. The summed E-state index contributed by atoms with van der Waals surface area (Å²) in [6.07, 6.45) is 1.56. The SMILES string of the molecule is COc1ccc(N/C=C(/C#N)c2nc(-c3cc4c(ccc5ccccc54)oc3=O)cs2)c(OC)c1. The molecule has 172 valence electrons. The van der Waals surface area contributed by atoms with E-state index in [-0.39, 0.29) is 0 Å². The number of rotatable bonds is 6. The normalized spacial score (nSPS) is 11.4. The first-order chi connectivity index (χ1) is 17.1. The van der Waals surface area contributed by atoms with E-state index in [9.17, 15) is 10.1 Å². The molecule has 0 radical (unpaired) electrons. The molecule has 0 saturated carbocycles. The summed E-state index contributed by atoms with van der Waals surface area (Å²) in [6, 6.07) is 20.9. The van der Waals surface area contributed by atoms with E-state index in [4.69, 9.17) is 13.9 Å². The lowest BCUT2D eigenvalue weighted by molar-refractivity contribution is 0.395. The lowest BCUT2D eigenvalue weighted by Gasteiger charge is -2.10. The van der Waals surface area contributed by atoms with E-state index in [0.29, 0.717) is 44.6 Å². The van der Waals surface area contributed by atoms with Gasteiger partial charge in [0.25, 0.3) is 0 Å². The summed E-state index contributed by atoms with van der Waals surface area (Å²) in [5.41, 5.74) is 1.82. The fourth-order valence-corrected chi connectivity index (χ4v) is 4.57. The molecule has 35 heavy (non-hydrogen) atoms. The minimum Gasteiger partial charge on any atom is -0.497 e. The Morgan fingerprint density at radius 1 is 1.09 bits per heavy atom. The van der Waals surface area contributed by atoms with Crippen molar-refractivity contribution < 1.29 is 13.9 Å². The summed E-state index contributed by atoms with van der Waals surface area (Å²) in [5.74, 6) is 1.22. The van der Waals surface area contributed by atoms with Gasteiger partial charge in [0, 0.05) is 23.0 Å². The fourth-order valence-electron chi connectivity index (χ4n) is 3.78. The molecular weight excluding hydrogens is 462 g/mol. The Morgan fingerprint density at radius 3 is 2.74 bits per heavy atom. The van der Waals surface area contributed by atoms with Crippen LogP contribution in [-0.2, 0) is 0 Å². The van der Waals surface area contributed by atoms with E-state index >= 15 is 0 Å². The third kappa shape index (κ3) is 4.21. The van der Waals surface area contributed by atoms with Crippen molar-refractivity contribution >= 4 is 44.3 Å². The fraction of sp³-hybridized carbons (Fsp3) is 0.0741. The van der Waals surface area contributed by atoms with Crippen LogP contribution in [-0.4, -0.2) is 19.2 Å². The molecule has 0 saturated heterocycles. The average Bonchev–Trinajstić information content (AvgIpc) is 3.38. The lowest BCUT2D eigenvalue weighted by atomic mass is 10.0. The van der Waals surface area contributed by atoms with Crippen molar-refractivity contribution in [1.82, 2.24) is 4.98 Å². The zero-order valence-corrected chi connectivity index (χ0v) is 19.7. The van der Waals surface area contributed by atoms with Crippen molar-refractivity contribution in [2.45, 2.75) is 0 Å². The highest BCUT2D eigenvalue weighted by Crippen LogP contribution is 2.31. The molecule has 3 aromatic carbocycles. The highest BCUT2D eigenvalue weighted by Gasteiger charge is 2.15. The minimum absolute atomic E-state index is 0.315. The van der Waals surface area contributed by atoms with Crippen LogP contribution in [0.25, 0.3) is 38.6 Å². The highest BCUT2D eigenvalue weighted by molar-refractivity contribution is 7.11. The van der Waals surface area contributed by atoms with Crippen molar-refractivity contribution in [1.29, 1.82) is 5.26 Å². The number of hydrogen-bond donors (Lipinski definition) is 1. The second-order valence-electron chi connectivity index (χ2n) is 7.56. The molecule has 0 bridgehead atoms. The molecule has 0 unspecified atom stereocenters. The Labute approximate surface area is 204 Å². The van der Waals surface area contributed by atoms with Crippen LogP contribution in [0.15, 0.2) is 81.5 Å². The number of hydrogen-bond acceptors (Lipinski definition) is 8. The van der Waals surface area contributed by atoms with Crippen molar-refractivity contribution in [3.63, 3.8) is 0 Å². The minimum atomic E-state index is -0.479. The number of ether oxygens (including phenoxy) is 2. The molecule has 0 atom stereocenters. The van der Waals surface area contributed by atoms with Gasteiger partial charge >= 0.3 is 5.63 Å². The van der Waals surface area contributed by atoms with Gasteiger partial charge in [-0.1, -0.05) is 30.3 Å². The number of anilines is 1. The quantitative estimate of drug-likeness (QED) is 0.179. The Hall–Kier alpha value is -4.61. The third-order valence-corrected chi connectivity index (χ3v) is 6.43. The van der Waals surface area contributed by atoms with Gasteiger partial charge in [0.05, 0.1) is 31.2 Å². The van der Waals surface area contributed by atoms with Gasteiger partial charge in [0.15, 0.2) is 0 Å². The molecule has 5 aromatic rings. The maximum atomic E-state index is 12.7. The van der Waals surface area contributed by atoms with Crippen molar-refractivity contribution in [3.05, 3.63) is 87.7 Å². The van der Waals surface area contributed by atoms with Crippen molar-refractivity contribution in [3.8, 4) is 28.8 Å². The monoisotopic (exact) mass is 481 g/mol. The number of aromatic nitrogens is 1. The Bertz CT molecular complexity index is 1690. The maximum Gasteiger partial charge on any atom is 0.345 e. The summed E-state index contributed by atoms with van der Waals surface area (Å²) in [4.78, 5) is 17.3. The number of nitrogens with one attached hydrogen (secondary N) is 1. The van der Waals surface area contributed by atoms with Crippen LogP contribution in [0.1, 0.15) is 5.01 Å². The molecule has 0 aliphatic heterocycles. The van der Waals surface area contributed by atoms with Gasteiger partial charge in [-0.2, -0.15) is 5.26 Å². The highest BCUT2D eigenvalue weighted by atomic mass is 32.1. The van der Waals surface area contributed by atoms with Gasteiger partial charge in [-0.25, -0.2) is 9.78 Å². The summed E-state index contributed by atoms with van der Waals surface area (Å²) < 4.78 is 16.2. The molecule has 0 aliphatic rings. The van der Waals surface area contributed by atoms with E-state index in [1.165, 1.54) is 11.3 Å². The molecule has 5 rings (SSSR count). The Kier molecular flexibility index (Phi) is 5.92. The van der Waals surface area contributed by atoms with Crippen LogP contribution in [0.5, 0.6) is 11.5 Å². The number of fused-ring (bicyclic) bond motifs is 3. The summed E-state index contributed by atoms with van der Waals surface area (Å²) in [7, 11) is 3.13. The summed E-state index contributed by atoms with van der Waals surface area (Å²) in [6.45, 7) is 0. The standard InChI is InChI=1S/C27H19N3O4S/c1-32-18-8-9-22(25(11-18)33-2)29-14-17(13-28)26-30-23(15-35-26)21-12-20-19-6-4-3-5-16(19)7-10-24(20)34-27(21)31/h3-12,14-15,29H,1-2H3/b17-14-. The van der Waals surface area contributed by atoms with E-state index < -0.39 is 5.63 Å². The molecule has 2 aromatic heterocycles. The van der Waals surface area contributed by atoms with Crippen LogP contribution in [0.2, 0.25) is 0 Å². The van der Waals surface area contributed by atoms with Crippen molar-refractivity contribution in [2.24, 2.45) is 0 Å². The predicted octanol–water partition coefficient (Wildman–Crippen LogP) is 6.06. The molecule has 8 heteroatoms. The van der Waals surface area contributed by atoms with Gasteiger partial charge in [0.2, 0.25) is 0 Å². The van der Waals surface area contributed by atoms with Gasteiger partial charge in [-0.15, -0.1) is 11.3 Å². The lowest BCUT2D eigenvalue weighted by Crippen LogP contribution is -2.03. The predicted molar refractivity (Wildman–Crippen MR) is 138 cm³/mol. The first-order valence-electron chi connectivity index (χ1n) is 10.6. The van der Waals surface area contributed by atoms with Crippen LogP contribution in [0.3, 0.4) is 0 Å². The summed E-state index contributed by atoms with van der Waals surface area (Å²) in [5, 5.41) is 17.9. The van der Waals surface area contributed by atoms with Gasteiger partial charge < -0.3 is 19.2 Å². The Balaban J connectivity index is 1.50. The van der Waals surface area contributed by atoms with Crippen molar-refractivity contribution in [2.75, 3.05) is 19.5 Å². The summed E-state index contributed by atoms with van der Waals surface area (Å²) >= 11 is 1.27. The molecule has 0 aliphatic carbocycles. The molecule has 0 amide bonds. The third-order valence-electron chi connectivity index (χ3n) is 5.55. The van der Waals surface area contributed by atoms with E-state index in [1.54, 1.807) is 56.1 Å². The van der Waals surface area contributed by atoms with Gasteiger partial charge in [-0.3, -0.25) is 0 Å². The first-order valence-corrected chi connectivity index (χ1v) is 11.5. The molecular formula is C27H19N3O4S. The van der Waals surface area contributed by atoms with Gasteiger partial charge in [0.1, 0.15) is 33.7 Å². The number of nitrogens with zero attached hydrogens (tertiary/aromatic N) is 2. The second-order valence-corrected chi connectivity index (χ2v) is 8.42. The number of thiazole rings is 1. The molecule has 7 nitrogen and oxygen atoms in total. The number of benzene rings is 3. The van der Waals surface area contributed by atoms with Crippen LogP contribution < -0.4 is 20.4 Å². The Morgan fingerprint density at radius 2 is 1.94 bits per heavy atom. The van der Waals surface area contributed by atoms with Gasteiger partial charge in [-0.05, 0) is 35.0 Å². The van der Waals surface area contributed by atoms with Crippen LogP contribution in [0, 0.1) is 11.3 Å². The largest absolute Gasteiger partial charge is 0.497 e. The topological polar surface area (TPSA) is 97.4 Å². The molecule has 0 spiro atoms. The number of allylic oxidation sites excluding steroid dienone is 1. The van der Waals surface area contributed by atoms with E-state index in [2.05, 4.69) is 16.4 Å². The molecule has 1 N–H and O–H groups in total. The molecule has 2 heterocycles. The maximum absolute atomic E-state index is 12.7. The number of methoxy groups -OCH3 is 2. The first kappa shape index (κ1) is 22.2. The van der Waals surface area contributed by atoms with Crippen LogP contribution >= 0.6 is 11.3 Å². The average molecular weight is 482 g/mol. The molecule has 0 fully saturated rings. The zero-order valence-electron chi connectivity index (χ0n) is 18.9. The second kappa shape index (κ2) is 9.33.